The van der Waals surface area contributed by atoms with Gasteiger partial charge in [0.05, 0.1) is 11.2 Å². The fourth-order valence-corrected chi connectivity index (χ4v) is 9.16. The molecule has 2 unspecified atom stereocenters. The molecule has 11 rings (SSSR count). The third-order valence-electron chi connectivity index (χ3n) is 11.8. The van der Waals surface area contributed by atoms with Crippen molar-refractivity contribution >= 4 is 44.8 Å². The van der Waals surface area contributed by atoms with Gasteiger partial charge < -0.3 is 9.47 Å². The van der Waals surface area contributed by atoms with Crippen LogP contribution in [0.2, 0.25) is 0 Å². The quantitative estimate of drug-likeness (QED) is 0.170. The third kappa shape index (κ3) is 4.65. The molecule has 53 heavy (non-hydrogen) atoms. The van der Waals surface area contributed by atoms with Crippen LogP contribution in [-0.4, -0.2) is 4.57 Å². The Morgan fingerprint density at radius 3 is 1.92 bits per heavy atom. The summed E-state index contributed by atoms with van der Waals surface area (Å²) in [6.07, 6.45) is 12.9. The van der Waals surface area contributed by atoms with Crippen molar-refractivity contribution in [1.29, 1.82) is 0 Å². The van der Waals surface area contributed by atoms with Crippen molar-refractivity contribution in [2.24, 2.45) is 5.92 Å². The second-order valence-corrected chi connectivity index (χ2v) is 14.6. The molecular weight excluding hydrogens is 641 g/mol. The van der Waals surface area contributed by atoms with E-state index in [0.29, 0.717) is 5.92 Å². The predicted molar refractivity (Wildman–Crippen MR) is 222 cm³/mol. The van der Waals surface area contributed by atoms with Gasteiger partial charge in [-0.2, -0.15) is 0 Å². The minimum absolute atomic E-state index is 0.137. The minimum Gasteiger partial charge on any atom is -0.311 e. The zero-order valence-electron chi connectivity index (χ0n) is 29.2. The second-order valence-electron chi connectivity index (χ2n) is 14.6. The predicted octanol–water partition coefficient (Wildman–Crippen LogP) is 13.4. The number of aromatic nitrogens is 1. The Hall–Kier alpha value is -6.64. The highest BCUT2D eigenvalue weighted by atomic mass is 15.1. The van der Waals surface area contributed by atoms with Gasteiger partial charge in [-0.25, -0.2) is 0 Å². The van der Waals surface area contributed by atoms with Gasteiger partial charge in [-0.05, 0) is 117 Å². The van der Waals surface area contributed by atoms with Crippen molar-refractivity contribution < 1.29 is 0 Å². The third-order valence-corrected chi connectivity index (χ3v) is 11.8. The second kappa shape index (κ2) is 11.7. The molecule has 7 aromatic carbocycles. The van der Waals surface area contributed by atoms with E-state index in [9.17, 15) is 0 Å². The highest BCUT2D eigenvalue weighted by Gasteiger charge is 2.59. The van der Waals surface area contributed by atoms with Crippen molar-refractivity contribution in [3.05, 3.63) is 211 Å². The van der Waals surface area contributed by atoms with Crippen molar-refractivity contribution in [2.75, 3.05) is 4.90 Å². The SMILES string of the molecule is C1=CC2CC23C(=C1)C=Cc1c3c2ccccc2n1-c1ccc(-c2ccc(N(c3ccccc3)c3ccc(-c4cccc5ccccc45)cc3)cc2)cc1. The summed E-state index contributed by atoms with van der Waals surface area (Å²) in [5.74, 6) is 0.600. The molecule has 0 amide bonds. The average Bonchev–Trinajstić information content (AvgIpc) is 3.87. The monoisotopic (exact) mass is 676 g/mol. The van der Waals surface area contributed by atoms with Gasteiger partial charge in [0.15, 0.2) is 0 Å². The number of allylic oxidation sites excluding steroid dienone is 5. The Kier molecular flexibility index (Phi) is 6.63. The topological polar surface area (TPSA) is 8.17 Å². The molecule has 1 heterocycles. The van der Waals surface area contributed by atoms with E-state index in [1.54, 1.807) is 0 Å². The first kappa shape index (κ1) is 30.0. The van der Waals surface area contributed by atoms with Crippen LogP contribution in [0, 0.1) is 5.92 Å². The summed E-state index contributed by atoms with van der Waals surface area (Å²) in [4.78, 5) is 2.33. The maximum atomic E-state index is 2.47. The van der Waals surface area contributed by atoms with E-state index >= 15 is 0 Å². The Morgan fingerprint density at radius 2 is 1.15 bits per heavy atom. The molecule has 1 saturated carbocycles. The molecule has 2 atom stereocenters. The number of benzene rings is 7. The van der Waals surface area contributed by atoms with Crippen molar-refractivity contribution in [3.8, 4) is 27.9 Å². The van der Waals surface area contributed by atoms with Crippen molar-refractivity contribution in [1.82, 2.24) is 4.57 Å². The summed E-state index contributed by atoms with van der Waals surface area (Å²) in [6, 6.07) is 61.8. The number of anilines is 3. The number of para-hydroxylation sites is 2. The van der Waals surface area contributed by atoms with E-state index in [4.69, 9.17) is 0 Å². The molecule has 2 heteroatoms. The minimum atomic E-state index is 0.137. The summed E-state index contributed by atoms with van der Waals surface area (Å²) in [5, 5.41) is 3.91. The molecule has 0 radical (unpaired) electrons. The lowest BCUT2D eigenvalue weighted by atomic mass is 9.78. The zero-order valence-corrected chi connectivity index (χ0v) is 29.2. The normalized spacial score (nSPS) is 18.0. The summed E-state index contributed by atoms with van der Waals surface area (Å²) in [6.45, 7) is 0. The van der Waals surface area contributed by atoms with Crippen LogP contribution in [0.5, 0.6) is 0 Å². The van der Waals surface area contributed by atoms with Crippen LogP contribution in [-0.2, 0) is 5.41 Å². The van der Waals surface area contributed by atoms with Gasteiger partial charge in [-0.3, -0.25) is 0 Å². The van der Waals surface area contributed by atoms with Gasteiger partial charge in [0.25, 0.3) is 0 Å². The number of rotatable bonds is 6. The molecule has 1 fully saturated rings. The Balaban J connectivity index is 0.922. The first-order valence-corrected chi connectivity index (χ1v) is 18.6. The molecule has 250 valence electrons. The molecule has 0 aliphatic heterocycles. The highest BCUT2D eigenvalue weighted by molar-refractivity contribution is 5.97. The molecule has 0 bridgehead atoms. The van der Waals surface area contributed by atoms with E-state index in [2.05, 4.69) is 210 Å². The van der Waals surface area contributed by atoms with Crippen LogP contribution in [0.25, 0.3) is 55.7 Å². The smallest absolute Gasteiger partial charge is 0.0538 e. The Morgan fingerprint density at radius 1 is 0.528 bits per heavy atom. The number of nitrogens with zero attached hydrogens (tertiary/aromatic N) is 2. The summed E-state index contributed by atoms with van der Waals surface area (Å²) < 4.78 is 2.47. The summed E-state index contributed by atoms with van der Waals surface area (Å²) in [5.41, 5.74) is 15.1. The molecule has 0 saturated heterocycles. The fraction of sp³-hybridized carbons (Fsp3) is 0.0588. The van der Waals surface area contributed by atoms with Crippen LogP contribution >= 0.6 is 0 Å². The van der Waals surface area contributed by atoms with Crippen molar-refractivity contribution in [3.63, 3.8) is 0 Å². The Bertz CT molecular complexity index is 2780. The van der Waals surface area contributed by atoms with Gasteiger partial charge >= 0.3 is 0 Å². The van der Waals surface area contributed by atoms with Crippen LogP contribution in [0.1, 0.15) is 17.7 Å². The molecule has 0 N–H and O–H groups in total. The maximum Gasteiger partial charge on any atom is 0.0538 e. The lowest BCUT2D eigenvalue weighted by Gasteiger charge is -2.26. The van der Waals surface area contributed by atoms with Gasteiger partial charge in [0.1, 0.15) is 0 Å². The van der Waals surface area contributed by atoms with E-state index in [-0.39, 0.29) is 5.41 Å². The van der Waals surface area contributed by atoms with E-state index in [0.717, 1.165) is 17.1 Å². The molecule has 8 aromatic rings. The molecular formula is C51H36N2. The van der Waals surface area contributed by atoms with Gasteiger partial charge in [-0.1, -0.05) is 140 Å². The van der Waals surface area contributed by atoms with Crippen molar-refractivity contribution in [2.45, 2.75) is 11.8 Å². The van der Waals surface area contributed by atoms with E-state index < -0.39 is 0 Å². The molecule has 1 spiro atoms. The number of hydrogen-bond acceptors (Lipinski definition) is 1. The zero-order chi connectivity index (χ0) is 34.9. The Labute approximate surface area is 309 Å². The average molecular weight is 677 g/mol. The standard InChI is InChI=1S/C51H36N2/c1-2-14-41(15-3-1)52(43-31-24-38(25-32-43)46-18-8-11-37-10-4-5-16-45(37)46)42-27-20-35(21-28-42)36-22-29-44(30-23-36)53-48-19-7-6-17-47(48)50-49(53)33-26-39-12-9-13-40-34-51(39,40)50/h1-33,40H,34H2. The number of hydrogen-bond donors (Lipinski definition) is 0. The first-order chi connectivity index (χ1) is 26.3. The first-order valence-electron chi connectivity index (χ1n) is 18.6. The largest absolute Gasteiger partial charge is 0.311 e. The van der Waals surface area contributed by atoms with Crippen LogP contribution in [0.15, 0.2) is 200 Å². The lowest BCUT2D eigenvalue weighted by Crippen LogP contribution is -2.18. The van der Waals surface area contributed by atoms with Crippen LogP contribution in [0.3, 0.4) is 0 Å². The fourth-order valence-electron chi connectivity index (χ4n) is 9.16. The summed E-state index contributed by atoms with van der Waals surface area (Å²) >= 11 is 0. The van der Waals surface area contributed by atoms with E-state index in [1.807, 2.05) is 0 Å². The van der Waals surface area contributed by atoms with Gasteiger partial charge in [0, 0.05) is 33.6 Å². The molecule has 2 nitrogen and oxygen atoms in total. The van der Waals surface area contributed by atoms with Crippen LogP contribution in [0.4, 0.5) is 17.1 Å². The lowest BCUT2D eigenvalue weighted by molar-refractivity contribution is 0.774. The molecule has 3 aliphatic rings. The highest BCUT2D eigenvalue weighted by Crippen LogP contribution is 2.65. The van der Waals surface area contributed by atoms with Gasteiger partial charge in [-0.15, -0.1) is 0 Å². The van der Waals surface area contributed by atoms with E-state index in [1.165, 1.54) is 72.9 Å². The number of fused-ring (bicyclic) bond motifs is 4. The molecule has 3 aliphatic carbocycles. The molecule has 1 aromatic heterocycles. The summed E-state index contributed by atoms with van der Waals surface area (Å²) in [7, 11) is 0. The maximum absolute atomic E-state index is 2.47. The van der Waals surface area contributed by atoms with Crippen LogP contribution < -0.4 is 4.90 Å². The van der Waals surface area contributed by atoms with Gasteiger partial charge in [0.2, 0.25) is 0 Å².